The van der Waals surface area contributed by atoms with E-state index in [0.29, 0.717) is 16.9 Å². The number of aromatic amines is 1. The lowest BCUT2D eigenvalue weighted by Gasteiger charge is -2.29. The molecule has 0 unspecified atom stereocenters. The Hall–Kier alpha value is -6.01. The number of fused-ring (bicyclic) bond motifs is 1. The first-order valence-electron chi connectivity index (χ1n) is 16.3. The number of benzene rings is 4. The van der Waals surface area contributed by atoms with Crippen LogP contribution in [-0.4, -0.2) is 60.3 Å². The maximum atomic E-state index is 14.4. The van der Waals surface area contributed by atoms with Gasteiger partial charge in [0, 0.05) is 54.2 Å². The molecule has 0 radical (unpaired) electrons. The summed E-state index contributed by atoms with van der Waals surface area (Å²) in [7, 11) is -2.72. The second-order valence-corrected chi connectivity index (χ2v) is 14.2. The van der Waals surface area contributed by atoms with Gasteiger partial charge in [-0.3, -0.25) is 14.4 Å². The molecule has 12 heteroatoms. The van der Waals surface area contributed by atoms with Crippen molar-refractivity contribution in [2.45, 2.75) is 43.7 Å². The van der Waals surface area contributed by atoms with Gasteiger partial charge < -0.3 is 19.7 Å². The van der Waals surface area contributed by atoms with Crippen molar-refractivity contribution in [2.75, 3.05) is 7.05 Å². The van der Waals surface area contributed by atoms with E-state index in [9.17, 15) is 22.8 Å². The number of aromatic nitrogens is 2. The van der Waals surface area contributed by atoms with Crippen molar-refractivity contribution in [3.63, 3.8) is 0 Å². The first kappa shape index (κ1) is 34.8. The summed E-state index contributed by atoms with van der Waals surface area (Å²) in [4.78, 5) is 46.6. The van der Waals surface area contributed by atoms with Crippen LogP contribution in [0.2, 0.25) is 0 Å². The molecule has 11 nitrogen and oxygen atoms in total. The van der Waals surface area contributed by atoms with E-state index in [1.54, 1.807) is 55.8 Å². The molecule has 0 saturated carbocycles. The van der Waals surface area contributed by atoms with Gasteiger partial charge >= 0.3 is 0 Å². The Labute approximate surface area is 295 Å². The molecule has 6 rings (SSSR count). The van der Waals surface area contributed by atoms with Crippen molar-refractivity contribution in [1.82, 2.24) is 25.1 Å². The van der Waals surface area contributed by atoms with E-state index in [0.717, 1.165) is 33.2 Å². The summed E-state index contributed by atoms with van der Waals surface area (Å²) >= 11 is 0. The fourth-order valence-electron chi connectivity index (χ4n) is 6.10. The van der Waals surface area contributed by atoms with Crippen LogP contribution in [0.5, 0.6) is 0 Å². The van der Waals surface area contributed by atoms with Crippen LogP contribution in [0.1, 0.15) is 32.6 Å². The van der Waals surface area contributed by atoms with Gasteiger partial charge in [0.25, 0.3) is 21.8 Å². The average molecular weight is 704 g/mol. The number of sulfonamides is 1. The standard InChI is InChI=1S/C39H37N5O6S/c1-25-19-26(2)21-29(20-25)39(47)44(3)35(22-27-13-15-28(16-14-27)36-17-18-41-50-36)38(46)42-34(23-30-24-40-33-12-8-7-11-32(30)33)37(45)43-51(48,49)31-9-5-4-6-10-31/h4-21,24,34-35,40H,22-23H2,1-3H3,(H,42,46)(H,43,45)/t34-,35-/m0/s1. The highest BCUT2D eigenvalue weighted by atomic mass is 32.2. The van der Waals surface area contributed by atoms with E-state index >= 15 is 0 Å². The zero-order chi connectivity index (χ0) is 36.1. The lowest BCUT2D eigenvalue weighted by molar-refractivity contribution is -0.130. The second-order valence-electron chi connectivity index (χ2n) is 12.5. The molecule has 6 aromatic rings. The van der Waals surface area contributed by atoms with Crippen LogP contribution >= 0.6 is 0 Å². The number of nitrogens with zero attached hydrogens (tertiary/aromatic N) is 2. The Kier molecular flexibility index (Phi) is 10.1. The summed E-state index contributed by atoms with van der Waals surface area (Å²) in [6.07, 6.45) is 3.34. The fourth-order valence-corrected chi connectivity index (χ4v) is 7.14. The molecule has 4 aromatic carbocycles. The highest BCUT2D eigenvalue weighted by Gasteiger charge is 2.33. The first-order chi connectivity index (χ1) is 24.5. The summed E-state index contributed by atoms with van der Waals surface area (Å²) in [5.41, 5.74) is 5.24. The van der Waals surface area contributed by atoms with Crippen molar-refractivity contribution >= 4 is 38.6 Å². The van der Waals surface area contributed by atoms with Gasteiger partial charge in [-0.2, -0.15) is 0 Å². The Bertz CT molecular complexity index is 2260. The summed E-state index contributed by atoms with van der Waals surface area (Å²) in [5.74, 6) is -1.36. The summed E-state index contributed by atoms with van der Waals surface area (Å²) in [6, 6.07) is 27.1. The third-order valence-corrected chi connectivity index (χ3v) is 10.0. The molecule has 2 atom stereocenters. The van der Waals surface area contributed by atoms with Gasteiger partial charge in [0.15, 0.2) is 5.76 Å². The molecular formula is C39H37N5O6S. The summed E-state index contributed by atoms with van der Waals surface area (Å²) in [5, 5.41) is 7.39. The molecule has 2 heterocycles. The van der Waals surface area contributed by atoms with Crippen molar-refractivity contribution in [1.29, 1.82) is 0 Å². The van der Waals surface area contributed by atoms with Crippen molar-refractivity contribution in [3.8, 4) is 11.3 Å². The zero-order valence-electron chi connectivity index (χ0n) is 28.3. The molecule has 0 spiro atoms. The number of nitrogens with one attached hydrogen (secondary N) is 3. The number of hydrogen-bond donors (Lipinski definition) is 3. The molecule has 0 aliphatic rings. The Morgan fingerprint density at radius 3 is 2.22 bits per heavy atom. The Morgan fingerprint density at radius 1 is 0.843 bits per heavy atom. The molecule has 260 valence electrons. The van der Waals surface area contributed by atoms with Crippen LogP contribution in [0.3, 0.4) is 0 Å². The fraction of sp³-hybridized carbons (Fsp3) is 0.179. The van der Waals surface area contributed by atoms with E-state index in [4.69, 9.17) is 4.52 Å². The lowest BCUT2D eigenvalue weighted by atomic mass is 9.99. The zero-order valence-corrected chi connectivity index (χ0v) is 29.1. The topological polar surface area (TPSA) is 154 Å². The number of carbonyl (C=O) groups excluding carboxylic acids is 3. The van der Waals surface area contributed by atoms with Crippen LogP contribution in [0.25, 0.3) is 22.2 Å². The first-order valence-corrected chi connectivity index (χ1v) is 17.8. The SMILES string of the molecule is Cc1cc(C)cc(C(=O)N(C)[C@@H](Cc2ccc(-c3ccno3)cc2)C(=O)N[C@@H](Cc2c[nH]c3ccccc23)C(=O)NS(=O)(=O)c2ccccc2)c1. The van der Waals surface area contributed by atoms with Gasteiger partial charge in [0.1, 0.15) is 12.1 Å². The maximum absolute atomic E-state index is 14.4. The highest BCUT2D eigenvalue weighted by Crippen LogP contribution is 2.23. The summed E-state index contributed by atoms with van der Waals surface area (Å²) in [6.45, 7) is 3.78. The molecule has 3 N–H and O–H groups in total. The Morgan fingerprint density at radius 2 is 1.53 bits per heavy atom. The number of aryl methyl sites for hydroxylation is 2. The average Bonchev–Trinajstić information content (AvgIpc) is 3.81. The number of likely N-dealkylation sites (N-methyl/N-ethyl adjacent to an activating group) is 1. The molecule has 3 amide bonds. The monoisotopic (exact) mass is 703 g/mol. The smallest absolute Gasteiger partial charge is 0.264 e. The highest BCUT2D eigenvalue weighted by molar-refractivity contribution is 7.90. The van der Waals surface area contributed by atoms with E-state index in [1.807, 2.05) is 68.4 Å². The molecule has 0 aliphatic carbocycles. The summed E-state index contributed by atoms with van der Waals surface area (Å²) < 4.78 is 33.9. The number of rotatable bonds is 12. The van der Waals surface area contributed by atoms with Crippen LogP contribution in [-0.2, 0) is 32.5 Å². The molecule has 2 aromatic heterocycles. The van der Waals surface area contributed by atoms with Gasteiger partial charge in [-0.25, -0.2) is 13.1 Å². The van der Waals surface area contributed by atoms with E-state index < -0.39 is 33.9 Å². The number of para-hydroxylation sites is 1. The molecular weight excluding hydrogens is 667 g/mol. The van der Waals surface area contributed by atoms with Gasteiger partial charge in [-0.1, -0.05) is 83.0 Å². The third kappa shape index (κ3) is 8.08. The van der Waals surface area contributed by atoms with Crippen molar-refractivity contribution < 1.29 is 27.3 Å². The minimum Gasteiger partial charge on any atom is -0.361 e. The molecule has 0 fully saturated rings. The van der Waals surface area contributed by atoms with Crippen molar-refractivity contribution in [3.05, 3.63) is 143 Å². The number of hydrogen-bond acceptors (Lipinski definition) is 7. The quantitative estimate of drug-likeness (QED) is 0.155. The molecule has 51 heavy (non-hydrogen) atoms. The largest absolute Gasteiger partial charge is 0.361 e. The van der Waals surface area contributed by atoms with Gasteiger partial charge in [0.05, 0.1) is 11.1 Å². The predicted octanol–water partition coefficient (Wildman–Crippen LogP) is 5.36. The van der Waals surface area contributed by atoms with Gasteiger partial charge in [-0.05, 0) is 55.3 Å². The number of amides is 3. The molecule has 0 saturated heterocycles. The minimum absolute atomic E-state index is 0.0285. The van der Waals surface area contributed by atoms with Crippen LogP contribution < -0.4 is 10.0 Å². The molecule has 0 aliphatic heterocycles. The van der Waals surface area contributed by atoms with Crippen LogP contribution in [0.15, 0.2) is 125 Å². The van der Waals surface area contributed by atoms with Crippen LogP contribution in [0, 0.1) is 13.8 Å². The van der Waals surface area contributed by atoms with Crippen LogP contribution in [0.4, 0.5) is 0 Å². The second kappa shape index (κ2) is 14.9. The third-order valence-electron chi connectivity index (χ3n) is 8.68. The lowest BCUT2D eigenvalue weighted by Crippen LogP contribution is -2.56. The number of carbonyl (C=O) groups is 3. The van der Waals surface area contributed by atoms with E-state index in [1.165, 1.54) is 17.0 Å². The van der Waals surface area contributed by atoms with Gasteiger partial charge in [-0.15, -0.1) is 0 Å². The number of H-pyrrole nitrogens is 1. The van der Waals surface area contributed by atoms with E-state index in [2.05, 4.69) is 20.2 Å². The maximum Gasteiger partial charge on any atom is 0.264 e. The van der Waals surface area contributed by atoms with Gasteiger partial charge in [0.2, 0.25) is 5.91 Å². The van der Waals surface area contributed by atoms with E-state index in [-0.39, 0.29) is 23.6 Å². The molecule has 0 bridgehead atoms. The predicted molar refractivity (Wildman–Crippen MR) is 193 cm³/mol. The minimum atomic E-state index is -4.26. The van der Waals surface area contributed by atoms with Crippen molar-refractivity contribution in [2.24, 2.45) is 0 Å². The Balaban J connectivity index is 1.33. The normalized spacial score (nSPS) is 12.6.